The highest BCUT2D eigenvalue weighted by Gasteiger charge is 2.52. The predicted molar refractivity (Wildman–Crippen MR) is 55.5 cm³/mol. The van der Waals surface area contributed by atoms with E-state index in [1.54, 1.807) is 7.11 Å². The first-order chi connectivity index (χ1) is 7.17. The van der Waals surface area contributed by atoms with Gasteiger partial charge >= 0.3 is 5.97 Å². The summed E-state index contributed by atoms with van der Waals surface area (Å²) in [6.07, 6.45) is 2.76. The zero-order valence-corrected chi connectivity index (χ0v) is 9.49. The third-order valence-corrected chi connectivity index (χ3v) is 3.43. The molecule has 0 aromatic rings. The van der Waals surface area contributed by atoms with Crippen LogP contribution in [0.1, 0.15) is 19.8 Å². The van der Waals surface area contributed by atoms with Crippen LogP contribution >= 0.6 is 0 Å². The average Bonchev–Trinajstić information content (AvgIpc) is 2.07. The summed E-state index contributed by atoms with van der Waals surface area (Å²) in [4.78, 5) is 13.4. The fraction of sp³-hybridized carbons (Fsp3) is 0.909. The van der Waals surface area contributed by atoms with Crippen LogP contribution in [-0.4, -0.2) is 50.3 Å². The number of methoxy groups -OCH3 is 1. The van der Waals surface area contributed by atoms with E-state index in [9.17, 15) is 4.79 Å². The molecule has 0 bridgehead atoms. The number of likely N-dealkylation sites (tertiary alicyclic amines) is 1. The molecule has 1 saturated heterocycles. The van der Waals surface area contributed by atoms with Crippen molar-refractivity contribution in [3.05, 3.63) is 0 Å². The summed E-state index contributed by atoms with van der Waals surface area (Å²) in [7, 11) is 1.77. The van der Waals surface area contributed by atoms with Gasteiger partial charge in [-0.25, -0.2) is 0 Å². The van der Waals surface area contributed by atoms with E-state index in [1.807, 2.05) is 6.92 Å². The second kappa shape index (κ2) is 4.10. The zero-order chi connectivity index (χ0) is 10.9. The Bertz CT molecular complexity index is 240. The van der Waals surface area contributed by atoms with Gasteiger partial charge < -0.3 is 9.47 Å². The van der Waals surface area contributed by atoms with Gasteiger partial charge in [0.1, 0.15) is 0 Å². The fourth-order valence-corrected chi connectivity index (χ4v) is 2.73. The molecule has 1 saturated carbocycles. The van der Waals surface area contributed by atoms with E-state index >= 15 is 0 Å². The number of ether oxygens (including phenoxy) is 2. The topological polar surface area (TPSA) is 38.8 Å². The van der Waals surface area contributed by atoms with E-state index in [4.69, 9.17) is 9.47 Å². The molecule has 2 aliphatic rings. The summed E-state index contributed by atoms with van der Waals surface area (Å²) in [5.74, 6) is -0.102. The summed E-state index contributed by atoms with van der Waals surface area (Å²) in [5.41, 5.74) is 0.465. The minimum absolute atomic E-state index is 0.102. The lowest BCUT2D eigenvalue weighted by molar-refractivity contribution is -0.161. The van der Waals surface area contributed by atoms with Crippen LogP contribution in [0.5, 0.6) is 0 Å². The van der Waals surface area contributed by atoms with Crippen LogP contribution in [0, 0.1) is 5.41 Å². The standard InChI is InChI=1S/C11H19NO3/c1-3-15-10(13)6-12-7-11(8-12)4-9(5-11)14-2/h9H,3-8H2,1-2H3. The molecule has 1 aliphatic carbocycles. The summed E-state index contributed by atoms with van der Waals surface area (Å²) in [6.45, 7) is 4.83. The molecule has 2 rings (SSSR count). The van der Waals surface area contributed by atoms with Crippen molar-refractivity contribution in [1.82, 2.24) is 4.90 Å². The van der Waals surface area contributed by atoms with E-state index in [2.05, 4.69) is 4.90 Å². The maximum Gasteiger partial charge on any atom is 0.320 e. The Morgan fingerprint density at radius 2 is 2.13 bits per heavy atom. The number of hydrogen-bond acceptors (Lipinski definition) is 4. The van der Waals surface area contributed by atoms with Gasteiger partial charge in [-0.2, -0.15) is 0 Å². The highest BCUT2D eigenvalue weighted by molar-refractivity contribution is 5.71. The molecule has 4 nitrogen and oxygen atoms in total. The van der Waals surface area contributed by atoms with Crippen molar-refractivity contribution in [3.63, 3.8) is 0 Å². The molecule has 0 amide bonds. The van der Waals surface area contributed by atoms with E-state index < -0.39 is 0 Å². The molecule has 1 aliphatic heterocycles. The van der Waals surface area contributed by atoms with Crippen molar-refractivity contribution in [2.75, 3.05) is 33.4 Å². The van der Waals surface area contributed by atoms with Crippen LogP contribution in [0.25, 0.3) is 0 Å². The third-order valence-electron chi connectivity index (χ3n) is 3.43. The maximum absolute atomic E-state index is 11.2. The third kappa shape index (κ3) is 2.16. The largest absolute Gasteiger partial charge is 0.465 e. The van der Waals surface area contributed by atoms with Crippen molar-refractivity contribution in [1.29, 1.82) is 0 Å². The van der Waals surface area contributed by atoms with E-state index in [0.717, 1.165) is 25.9 Å². The summed E-state index contributed by atoms with van der Waals surface area (Å²) in [6, 6.07) is 0. The highest BCUT2D eigenvalue weighted by atomic mass is 16.5. The molecule has 0 aromatic carbocycles. The molecular weight excluding hydrogens is 194 g/mol. The van der Waals surface area contributed by atoms with Crippen molar-refractivity contribution in [2.24, 2.45) is 5.41 Å². The SMILES string of the molecule is CCOC(=O)CN1CC2(CC(OC)C2)C1. The lowest BCUT2D eigenvalue weighted by atomic mass is 9.62. The van der Waals surface area contributed by atoms with Crippen LogP contribution < -0.4 is 0 Å². The fourth-order valence-electron chi connectivity index (χ4n) is 2.73. The van der Waals surface area contributed by atoms with Crippen LogP contribution in [0.15, 0.2) is 0 Å². The number of nitrogens with zero attached hydrogens (tertiary/aromatic N) is 1. The molecule has 0 aromatic heterocycles. The van der Waals surface area contributed by atoms with Crippen molar-refractivity contribution >= 4 is 5.97 Å². The van der Waals surface area contributed by atoms with Gasteiger partial charge in [-0.05, 0) is 19.8 Å². The number of esters is 1. The van der Waals surface area contributed by atoms with Gasteiger partial charge in [-0.1, -0.05) is 0 Å². The number of hydrogen-bond donors (Lipinski definition) is 0. The van der Waals surface area contributed by atoms with Crippen molar-refractivity contribution < 1.29 is 14.3 Å². The zero-order valence-electron chi connectivity index (χ0n) is 9.49. The summed E-state index contributed by atoms with van der Waals surface area (Å²) < 4.78 is 10.2. The molecule has 0 radical (unpaired) electrons. The van der Waals surface area contributed by atoms with Gasteiger partial charge in [0.25, 0.3) is 0 Å². The number of carbonyl (C=O) groups is 1. The molecule has 15 heavy (non-hydrogen) atoms. The van der Waals surface area contributed by atoms with Crippen LogP contribution in [-0.2, 0) is 14.3 Å². The van der Waals surface area contributed by atoms with E-state index in [0.29, 0.717) is 24.7 Å². The first-order valence-corrected chi connectivity index (χ1v) is 5.58. The number of rotatable bonds is 4. The quantitative estimate of drug-likeness (QED) is 0.643. The Labute approximate surface area is 90.5 Å². The lowest BCUT2D eigenvalue weighted by Gasteiger charge is -2.58. The molecule has 0 N–H and O–H groups in total. The molecule has 86 valence electrons. The Balaban J connectivity index is 1.64. The summed E-state index contributed by atoms with van der Waals surface area (Å²) in [5, 5.41) is 0. The van der Waals surface area contributed by atoms with E-state index in [1.165, 1.54) is 0 Å². The molecule has 1 heterocycles. The van der Waals surface area contributed by atoms with Gasteiger partial charge in [0.15, 0.2) is 0 Å². The maximum atomic E-state index is 11.2. The van der Waals surface area contributed by atoms with Gasteiger partial charge in [0, 0.05) is 25.6 Å². The summed E-state index contributed by atoms with van der Waals surface area (Å²) >= 11 is 0. The first-order valence-electron chi connectivity index (χ1n) is 5.58. The van der Waals surface area contributed by atoms with Crippen LogP contribution in [0.3, 0.4) is 0 Å². The molecule has 4 heteroatoms. The van der Waals surface area contributed by atoms with Crippen molar-refractivity contribution in [2.45, 2.75) is 25.9 Å². The monoisotopic (exact) mass is 213 g/mol. The molecule has 0 unspecified atom stereocenters. The van der Waals surface area contributed by atoms with E-state index in [-0.39, 0.29) is 5.97 Å². The lowest BCUT2D eigenvalue weighted by Crippen LogP contribution is -2.64. The predicted octanol–water partition coefficient (Wildman–Crippen LogP) is 0.660. The first kappa shape index (κ1) is 10.9. The molecule has 2 fully saturated rings. The molecule has 0 atom stereocenters. The Hall–Kier alpha value is -0.610. The number of carbonyl (C=O) groups excluding carboxylic acids is 1. The van der Waals surface area contributed by atoms with Crippen LogP contribution in [0.2, 0.25) is 0 Å². The smallest absolute Gasteiger partial charge is 0.320 e. The normalized spacial score (nSPS) is 24.7. The second-order valence-corrected chi connectivity index (χ2v) is 4.72. The average molecular weight is 213 g/mol. The Kier molecular flexibility index (Phi) is 2.98. The molecule has 1 spiro atoms. The minimum atomic E-state index is -0.102. The van der Waals surface area contributed by atoms with Gasteiger partial charge in [-0.15, -0.1) is 0 Å². The minimum Gasteiger partial charge on any atom is -0.465 e. The highest BCUT2D eigenvalue weighted by Crippen LogP contribution is 2.49. The second-order valence-electron chi connectivity index (χ2n) is 4.72. The van der Waals surface area contributed by atoms with Gasteiger partial charge in [0.2, 0.25) is 0 Å². The Morgan fingerprint density at radius 1 is 1.47 bits per heavy atom. The van der Waals surface area contributed by atoms with Gasteiger partial charge in [-0.3, -0.25) is 9.69 Å². The van der Waals surface area contributed by atoms with Crippen molar-refractivity contribution in [3.8, 4) is 0 Å². The Morgan fingerprint density at radius 3 is 2.67 bits per heavy atom. The molecular formula is C11H19NO3. The van der Waals surface area contributed by atoms with Crippen LogP contribution in [0.4, 0.5) is 0 Å². The van der Waals surface area contributed by atoms with Gasteiger partial charge in [0.05, 0.1) is 19.3 Å².